The zero-order valence-electron chi connectivity index (χ0n) is 11.7. The molecule has 0 bridgehead atoms. The summed E-state index contributed by atoms with van der Waals surface area (Å²) < 4.78 is 26.5. The van der Waals surface area contributed by atoms with Gasteiger partial charge in [-0.3, -0.25) is 0 Å². The van der Waals surface area contributed by atoms with E-state index in [4.69, 9.17) is 5.26 Å². The first kappa shape index (κ1) is 15.0. The third-order valence-corrected chi connectivity index (χ3v) is 5.61. The summed E-state index contributed by atoms with van der Waals surface area (Å²) in [5.41, 5.74) is 1.04. The molecule has 1 aliphatic rings. The highest BCUT2D eigenvalue weighted by Crippen LogP contribution is 2.25. The van der Waals surface area contributed by atoms with Crippen molar-refractivity contribution in [2.75, 3.05) is 13.1 Å². The second-order valence-corrected chi connectivity index (χ2v) is 7.30. The molecule has 0 aromatic heterocycles. The summed E-state index contributed by atoms with van der Waals surface area (Å²) in [6, 6.07) is 8.96. The minimum atomic E-state index is -3.31. The molecule has 0 amide bonds. The van der Waals surface area contributed by atoms with E-state index < -0.39 is 10.0 Å². The molecule has 4 nitrogen and oxygen atoms in total. The molecule has 1 heterocycles. The van der Waals surface area contributed by atoms with Crippen LogP contribution in [0.3, 0.4) is 0 Å². The Balaban J connectivity index is 2.11. The second-order valence-electron chi connectivity index (χ2n) is 5.33. The second kappa shape index (κ2) is 6.38. The van der Waals surface area contributed by atoms with Gasteiger partial charge in [0, 0.05) is 13.1 Å². The van der Waals surface area contributed by atoms with Gasteiger partial charge in [-0.05, 0) is 30.4 Å². The van der Waals surface area contributed by atoms with E-state index in [2.05, 4.69) is 13.0 Å². The molecule has 108 valence electrons. The van der Waals surface area contributed by atoms with Crippen LogP contribution >= 0.6 is 0 Å². The lowest BCUT2D eigenvalue weighted by atomic mass is 10.0. The van der Waals surface area contributed by atoms with Crippen molar-refractivity contribution in [3.63, 3.8) is 0 Å². The van der Waals surface area contributed by atoms with E-state index in [-0.39, 0.29) is 5.75 Å². The Bertz CT molecular complexity index is 605. The van der Waals surface area contributed by atoms with Crippen LogP contribution in [0.5, 0.6) is 0 Å². The molecule has 0 aliphatic carbocycles. The SMILES string of the molecule is CCCC1CCN(S(=O)(=O)Cc2ccccc2C#N)C1. The predicted molar refractivity (Wildman–Crippen MR) is 78.4 cm³/mol. The fourth-order valence-electron chi connectivity index (χ4n) is 2.74. The van der Waals surface area contributed by atoms with Crippen LogP contribution in [0.15, 0.2) is 24.3 Å². The maximum absolute atomic E-state index is 12.4. The van der Waals surface area contributed by atoms with Crippen LogP contribution in [0.25, 0.3) is 0 Å². The molecule has 1 aromatic rings. The van der Waals surface area contributed by atoms with Gasteiger partial charge in [0.15, 0.2) is 0 Å². The number of nitrogens with zero attached hydrogens (tertiary/aromatic N) is 2. The number of nitriles is 1. The Morgan fingerprint density at radius 3 is 2.85 bits per heavy atom. The van der Waals surface area contributed by atoms with Crippen molar-refractivity contribution in [2.45, 2.75) is 31.9 Å². The van der Waals surface area contributed by atoms with Gasteiger partial charge in [-0.2, -0.15) is 5.26 Å². The third-order valence-electron chi connectivity index (χ3n) is 3.81. The molecule has 1 aromatic carbocycles. The molecule has 0 radical (unpaired) electrons. The molecule has 1 aliphatic heterocycles. The highest BCUT2D eigenvalue weighted by Gasteiger charge is 2.31. The summed E-state index contributed by atoms with van der Waals surface area (Å²) in [5, 5.41) is 9.03. The molecule has 1 saturated heterocycles. The molecular weight excluding hydrogens is 272 g/mol. The zero-order valence-corrected chi connectivity index (χ0v) is 12.6. The normalized spacial score (nSPS) is 19.9. The van der Waals surface area contributed by atoms with Crippen molar-refractivity contribution in [3.8, 4) is 6.07 Å². The smallest absolute Gasteiger partial charge is 0.212 e. The highest BCUT2D eigenvalue weighted by atomic mass is 32.2. The lowest BCUT2D eigenvalue weighted by Crippen LogP contribution is -2.30. The van der Waals surface area contributed by atoms with Gasteiger partial charge < -0.3 is 0 Å². The van der Waals surface area contributed by atoms with E-state index in [1.165, 1.54) is 0 Å². The predicted octanol–water partition coefficient (Wildman–Crippen LogP) is 2.51. The summed E-state index contributed by atoms with van der Waals surface area (Å²) >= 11 is 0. The lowest BCUT2D eigenvalue weighted by Gasteiger charge is -2.17. The van der Waals surface area contributed by atoms with E-state index in [0.717, 1.165) is 19.3 Å². The van der Waals surface area contributed by atoms with Gasteiger partial charge in [0.1, 0.15) is 0 Å². The fraction of sp³-hybridized carbons (Fsp3) is 0.533. The molecule has 1 unspecified atom stereocenters. The standard InChI is InChI=1S/C15H20N2O2S/c1-2-5-13-8-9-17(11-13)20(18,19)12-15-7-4-3-6-14(15)10-16/h3-4,6-7,13H,2,5,8-9,11-12H2,1H3. The van der Waals surface area contributed by atoms with Gasteiger partial charge in [-0.15, -0.1) is 0 Å². The summed E-state index contributed by atoms with van der Waals surface area (Å²) in [6.07, 6.45) is 3.13. The van der Waals surface area contributed by atoms with Crippen LogP contribution in [0, 0.1) is 17.2 Å². The molecule has 20 heavy (non-hydrogen) atoms. The van der Waals surface area contributed by atoms with Crippen molar-refractivity contribution in [1.82, 2.24) is 4.31 Å². The minimum Gasteiger partial charge on any atom is -0.212 e. The Morgan fingerprint density at radius 2 is 2.15 bits per heavy atom. The summed E-state index contributed by atoms with van der Waals surface area (Å²) in [5.74, 6) is 0.413. The number of hydrogen-bond acceptors (Lipinski definition) is 3. The van der Waals surface area contributed by atoms with Crippen LogP contribution in [0.4, 0.5) is 0 Å². The first-order valence-electron chi connectivity index (χ1n) is 7.02. The Hall–Kier alpha value is -1.38. The quantitative estimate of drug-likeness (QED) is 0.837. The van der Waals surface area contributed by atoms with Gasteiger partial charge in [0.2, 0.25) is 10.0 Å². The molecule has 2 rings (SSSR count). The Kier molecular flexibility index (Phi) is 4.79. The highest BCUT2D eigenvalue weighted by molar-refractivity contribution is 7.88. The number of sulfonamides is 1. The lowest BCUT2D eigenvalue weighted by molar-refractivity contribution is 0.444. The minimum absolute atomic E-state index is 0.0738. The van der Waals surface area contributed by atoms with Crippen LogP contribution in [-0.2, 0) is 15.8 Å². The van der Waals surface area contributed by atoms with E-state index in [9.17, 15) is 8.42 Å². The van der Waals surface area contributed by atoms with Crippen LogP contribution in [0.1, 0.15) is 37.3 Å². The number of benzene rings is 1. The van der Waals surface area contributed by atoms with Crippen LogP contribution < -0.4 is 0 Å². The summed E-state index contributed by atoms with van der Waals surface area (Å²) in [7, 11) is -3.31. The monoisotopic (exact) mass is 292 g/mol. The zero-order chi connectivity index (χ0) is 14.6. The van der Waals surface area contributed by atoms with Gasteiger partial charge >= 0.3 is 0 Å². The van der Waals surface area contributed by atoms with Gasteiger partial charge in [0.05, 0.1) is 17.4 Å². The van der Waals surface area contributed by atoms with E-state index >= 15 is 0 Å². The van der Waals surface area contributed by atoms with Gasteiger partial charge in [-0.1, -0.05) is 31.5 Å². The summed E-state index contributed by atoms with van der Waals surface area (Å²) in [4.78, 5) is 0. The van der Waals surface area contributed by atoms with Crippen molar-refractivity contribution in [1.29, 1.82) is 5.26 Å². The molecule has 0 saturated carbocycles. The fourth-order valence-corrected chi connectivity index (χ4v) is 4.39. The molecule has 0 spiro atoms. The summed E-state index contributed by atoms with van der Waals surface area (Å²) in [6.45, 7) is 3.37. The van der Waals surface area contributed by atoms with E-state index in [1.54, 1.807) is 28.6 Å². The number of hydrogen-bond donors (Lipinski definition) is 0. The molecule has 1 fully saturated rings. The molecule has 1 atom stereocenters. The van der Waals surface area contributed by atoms with Crippen LogP contribution in [-0.4, -0.2) is 25.8 Å². The first-order valence-corrected chi connectivity index (χ1v) is 8.63. The third kappa shape index (κ3) is 3.38. The maximum atomic E-state index is 12.4. The van der Waals surface area contributed by atoms with Crippen molar-refractivity contribution < 1.29 is 8.42 Å². The molecular formula is C15H20N2O2S. The van der Waals surface area contributed by atoms with Gasteiger partial charge in [0.25, 0.3) is 0 Å². The largest absolute Gasteiger partial charge is 0.218 e. The molecule has 5 heteroatoms. The van der Waals surface area contributed by atoms with Crippen molar-refractivity contribution in [2.24, 2.45) is 5.92 Å². The van der Waals surface area contributed by atoms with E-state index in [1.807, 2.05) is 0 Å². The topological polar surface area (TPSA) is 61.2 Å². The van der Waals surface area contributed by atoms with Crippen LogP contribution in [0.2, 0.25) is 0 Å². The number of rotatable bonds is 5. The average Bonchev–Trinajstić information content (AvgIpc) is 2.89. The van der Waals surface area contributed by atoms with E-state index in [0.29, 0.717) is 30.1 Å². The first-order chi connectivity index (χ1) is 9.56. The van der Waals surface area contributed by atoms with Crippen molar-refractivity contribution >= 4 is 10.0 Å². The Labute approximate surface area is 121 Å². The average molecular weight is 292 g/mol. The molecule has 0 N–H and O–H groups in total. The van der Waals surface area contributed by atoms with Crippen molar-refractivity contribution in [3.05, 3.63) is 35.4 Å². The Morgan fingerprint density at radius 1 is 1.40 bits per heavy atom. The maximum Gasteiger partial charge on any atom is 0.218 e. The van der Waals surface area contributed by atoms with Gasteiger partial charge in [-0.25, -0.2) is 12.7 Å².